The molecule has 1 aliphatic carbocycles. The number of rotatable bonds is 0. The molecule has 0 amide bonds. The maximum Gasteiger partial charge on any atom is 4.00 e. The van der Waals surface area contributed by atoms with Crippen LogP contribution >= 0.6 is 0 Å². The molecular formula is C30H34Cl2Zr. The van der Waals surface area contributed by atoms with Gasteiger partial charge in [-0.15, -0.1) is 80.2 Å². The van der Waals surface area contributed by atoms with E-state index in [2.05, 4.69) is 90.1 Å². The van der Waals surface area contributed by atoms with Gasteiger partial charge in [0, 0.05) is 0 Å². The third-order valence-corrected chi connectivity index (χ3v) is 7.21. The fourth-order valence-corrected chi connectivity index (χ4v) is 5.30. The second-order valence-electron chi connectivity index (χ2n) is 11.4. The van der Waals surface area contributed by atoms with Gasteiger partial charge in [0.15, 0.2) is 0 Å². The molecule has 0 radical (unpaired) electrons. The van der Waals surface area contributed by atoms with Crippen LogP contribution in [-0.4, -0.2) is 0 Å². The van der Waals surface area contributed by atoms with Crippen molar-refractivity contribution in [2.24, 2.45) is 0 Å². The molecule has 0 saturated heterocycles. The van der Waals surface area contributed by atoms with Gasteiger partial charge in [0.2, 0.25) is 0 Å². The molecule has 0 nitrogen and oxygen atoms in total. The largest absolute Gasteiger partial charge is 4.00 e. The number of fused-ring (bicyclic) bond motifs is 6. The summed E-state index contributed by atoms with van der Waals surface area (Å²) in [7, 11) is 0. The quantitative estimate of drug-likeness (QED) is 0.291. The zero-order valence-electron chi connectivity index (χ0n) is 20.7. The van der Waals surface area contributed by atoms with Crippen molar-refractivity contribution in [1.82, 2.24) is 0 Å². The SMILES string of the molecule is CC(C)(C)c1ccc2c(c1)cc1[c-]2CC[c-]2c(cc3cc(C(C)(C)C)ccc32)CC1.[Cl-].[Cl-].[Zr+4]. The van der Waals surface area contributed by atoms with Crippen molar-refractivity contribution in [1.29, 1.82) is 0 Å². The third-order valence-electron chi connectivity index (χ3n) is 7.21. The summed E-state index contributed by atoms with van der Waals surface area (Å²) in [6.07, 6.45) is 4.62. The summed E-state index contributed by atoms with van der Waals surface area (Å²) in [4.78, 5) is 0. The van der Waals surface area contributed by atoms with Crippen molar-refractivity contribution in [3.8, 4) is 0 Å². The summed E-state index contributed by atoms with van der Waals surface area (Å²) in [5.41, 5.74) is 9.61. The average Bonchev–Trinajstić information content (AvgIpc) is 3.17. The Labute approximate surface area is 231 Å². The van der Waals surface area contributed by atoms with Gasteiger partial charge in [0.25, 0.3) is 0 Å². The fraction of sp³-hybridized carbons (Fsp3) is 0.400. The monoisotopic (exact) mass is 554 g/mol. The first kappa shape index (κ1) is 28.4. The summed E-state index contributed by atoms with van der Waals surface area (Å²) in [5, 5.41) is 5.84. The van der Waals surface area contributed by atoms with Crippen LogP contribution < -0.4 is 24.8 Å². The minimum Gasteiger partial charge on any atom is -1.00 e. The average molecular weight is 557 g/mol. The van der Waals surface area contributed by atoms with Crippen molar-refractivity contribution in [2.45, 2.75) is 78.1 Å². The van der Waals surface area contributed by atoms with Gasteiger partial charge in [-0.2, -0.15) is 12.1 Å². The first-order chi connectivity index (χ1) is 14.1. The van der Waals surface area contributed by atoms with Gasteiger partial charge in [0.05, 0.1) is 0 Å². The zero-order valence-corrected chi connectivity index (χ0v) is 24.7. The second kappa shape index (κ2) is 10.0. The molecule has 1 aliphatic rings. The molecule has 5 rings (SSSR count). The Balaban J connectivity index is 0.00000128. The molecular weight excluding hydrogens is 522 g/mol. The van der Waals surface area contributed by atoms with Crippen LogP contribution in [0.3, 0.4) is 0 Å². The van der Waals surface area contributed by atoms with E-state index >= 15 is 0 Å². The molecule has 0 saturated carbocycles. The molecule has 0 N–H and O–H groups in total. The Morgan fingerprint density at radius 1 is 0.576 bits per heavy atom. The van der Waals surface area contributed by atoms with Crippen LogP contribution in [0.4, 0.5) is 0 Å². The molecule has 0 fully saturated rings. The van der Waals surface area contributed by atoms with E-state index in [-0.39, 0.29) is 61.8 Å². The molecule has 0 heterocycles. The van der Waals surface area contributed by atoms with Gasteiger partial charge < -0.3 is 24.8 Å². The predicted molar refractivity (Wildman–Crippen MR) is 131 cm³/mol. The van der Waals surface area contributed by atoms with Crippen LogP contribution in [0.2, 0.25) is 0 Å². The van der Waals surface area contributed by atoms with E-state index in [0.717, 1.165) is 25.7 Å². The number of hydrogen-bond acceptors (Lipinski definition) is 0. The van der Waals surface area contributed by atoms with Crippen molar-refractivity contribution < 1.29 is 51.0 Å². The zero-order chi connectivity index (χ0) is 21.3. The first-order valence-corrected chi connectivity index (χ1v) is 11.5. The van der Waals surface area contributed by atoms with Crippen molar-refractivity contribution in [3.05, 3.63) is 81.9 Å². The Morgan fingerprint density at radius 2 is 0.939 bits per heavy atom. The molecule has 0 aliphatic heterocycles. The van der Waals surface area contributed by atoms with Gasteiger partial charge in [-0.05, 0) is 23.7 Å². The molecule has 0 unspecified atom stereocenters. The summed E-state index contributed by atoms with van der Waals surface area (Å²) in [6, 6.07) is 19.3. The van der Waals surface area contributed by atoms with Gasteiger partial charge in [-0.25, -0.2) is 0 Å². The Bertz CT molecular complexity index is 1160. The van der Waals surface area contributed by atoms with E-state index in [1.165, 1.54) is 32.7 Å². The standard InChI is InChI=1S/C30H34.2ClH.Zr/c1-29(2,3)23-9-11-27-21(17-23)15-19-7-8-20-16-22-18-24(30(4,5)6)10-12-28(22)26(20)14-13-25(19)27;;;/h9-12,15-18H,7-8,13-14H2,1-6H3;2*1H;/q-2;;;+4/p-2. The summed E-state index contributed by atoms with van der Waals surface area (Å²) in [6.45, 7) is 13.8. The predicted octanol–water partition coefficient (Wildman–Crippen LogP) is 1.92. The number of benzene rings is 2. The molecule has 0 aromatic heterocycles. The van der Waals surface area contributed by atoms with E-state index in [4.69, 9.17) is 0 Å². The summed E-state index contributed by atoms with van der Waals surface area (Å²) in [5.74, 6) is 0. The maximum atomic E-state index is 2.48. The third kappa shape index (κ3) is 5.22. The minimum absolute atomic E-state index is 0. The molecule has 0 spiro atoms. The molecule has 4 aromatic carbocycles. The first-order valence-electron chi connectivity index (χ1n) is 11.5. The van der Waals surface area contributed by atoms with E-state index in [0.29, 0.717) is 0 Å². The Kier molecular flexibility index (Phi) is 8.60. The van der Waals surface area contributed by atoms with Gasteiger partial charge in [-0.1, -0.05) is 65.5 Å². The van der Waals surface area contributed by atoms with Gasteiger partial charge in [0.1, 0.15) is 0 Å². The molecule has 0 atom stereocenters. The van der Waals surface area contributed by atoms with Crippen molar-refractivity contribution in [3.63, 3.8) is 0 Å². The maximum absolute atomic E-state index is 2.48. The van der Waals surface area contributed by atoms with Gasteiger partial charge in [-0.3, -0.25) is 0 Å². The number of hydrogen-bond donors (Lipinski definition) is 0. The number of halogens is 2. The van der Waals surface area contributed by atoms with E-state index in [9.17, 15) is 0 Å². The van der Waals surface area contributed by atoms with Crippen LogP contribution in [0.5, 0.6) is 0 Å². The molecule has 172 valence electrons. The van der Waals surface area contributed by atoms with Crippen molar-refractivity contribution in [2.75, 3.05) is 0 Å². The Morgan fingerprint density at radius 3 is 1.27 bits per heavy atom. The van der Waals surface area contributed by atoms with E-state index in [1.54, 1.807) is 22.3 Å². The smallest absolute Gasteiger partial charge is 1.00 e. The van der Waals surface area contributed by atoms with Crippen LogP contribution in [-0.2, 0) is 62.7 Å². The van der Waals surface area contributed by atoms with E-state index < -0.39 is 0 Å². The minimum atomic E-state index is 0. The Hall–Kier alpha value is -0.877. The fourth-order valence-electron chi connectivity index (χ4n) is 5.30. The van der Waals surface area contributed by atoms with Crippen LogP contribution in [0, 0.1) is 0 Å². The van der Waals surface area contributed by atoms with Crippen LogP contribution in [0.15, 0.2) is 48.5 Å². The van der Waals surface area contributed by atoms with E-state index in [1.807, 2.05) is 0 Å². The van der Waals surface area contributed by atoms with Crippen LogP contribution in [0.25, 0.3) is 21.5 Å². The second-order valence-corrected chi connectivity index (χ2v) is 11.4. The summed E-state index contributed by atoms with van der Waals surface area (Å²) < 4.78 is 0. The van der Waals surface area contributed by atoms with Crippen molar-refractivity contribution >= 4 is 21.5 Å². The van der Waals surface area contributed by atoms with Gasteiger partial charge >= 0.3 is 26.2 Å². The summed E-state index contributed by atoms with van der Waals surface area (Å²) >= 11 is 0. The topological polar surface area (TPSA) is 0 Å². The normalized spacial score (nSPS) is 13.8. The molecule has 4 aromatic rings. The number of aryl methyl sites for hydroxylation is 4. The van der Waals surface area contributed by atoms with Crippen LogP contribution in [0.1, 0.15) is 74.9 Å². The molecule has 33 heavy (non-hydrogen) atoms. The molecule has 0 bridgehead atoms. The molecule has 3 heteroatoms.